The van der Waals surface area contributed by atoms with Crippen molar-refractivity contribution in [3.05, 3.63) is 182 Å². The Balaban J connectivity index is 1.12. The minimum atomic E-state index is 0.575. The van der Waals surface area contributed by atoms with E-state index in [-0.39, 0.29) is 0 Å². The summed E-state index contributed by atoms with van der Waals surface area (Å²) in [5.74, 6) is 1.80. The van der Waals surface area contributed by atoms with Gasteiger partial charge in [0.2, 0.25) is 0 Å². The maximum Gasteiger partial charge on any atom is 0.164 e. The van der Waals surface area contributed by atoms with E-state index in [1.807, 2.05) is 78.9 Å². The molecule has 4 aromatic heterocycles. The van der Waals surface area contributed by atoms with Gasteiger partial charge in [-0.1, -0.05) is 140 Å². The van der Waals surface area contributed by atoms with E-state index in [1.165, 1.54) is 0 Å². The summed E-state index contributed by atoms with van der Waals surface area (Å²) in [6.45, 7) is 0. The van der Waals surface area contributed by atoms with E-state index in [0.717, 1.165) is 99.2 Å². The number of hydrogen-bond acceptors (Lipinski definition) is 5. The highest BCUT2D eigenvalue weighted by Crippen LogP contribution is 2.44. The Kier molecular flexibility index (Phi) is 6.83. The van der Waals surface area contributed by atoms with Crippen LogP contribution in [0.4, 0.5) is 0 Å². The van der Waals surface area contributed by atoms with Gasteiger partial charge in [-0.2, -0.15) is 0 Å². The summed E-state index contributed by atoms with van der Waals surface area (Å²) < 4.78 is 15.8. The van der Waals surface area contributed by atoms with Crippen LogP contribution in [0.1, 0.15) is 0 Å². The van der Waals surface area contributed by atoms with Gasteiger partial charge in [0.05, 0.1) is 16.7 Å². The molecular weight excluding hydrogens is 701 g/mol. The summed E-state index contributed by atoms with van der Waals surface area (Å²) in [4.78, 5) is 14.9. The van der Waals surface area contributed by atoms with Crippen molar-refractivity contribution in [3.8, 4) is 51.0 Å². The molecule has 8 aromatic carbocycles. The molecule has 12 aromatic rings. The zero-order chi connectivity index (χ0) is 37.5. The van der Waals surface area contributed by atoms with E-state index < -0.39 is 0 Å². The highest BCUT2D eigenvalue weighted by atomic mass is 16.3. The highest BCUT2D eigenvalue weighted by Gasteiger charge is 2.23. The van der Waals surface area contributed by atoms with Crippen molar-refractivity contribution in [1.29, 1.82) is 0 Å². The van der Waals surface area contributed by atoms with Gasteiger partial charge in [0.15, 0.2) is 23.1 Å². The Morgan fingerprint density at radius 1 is 0.351 bits per heavy atom. The second-order valence-corrected chi connectivity index (χ2v) is 14.4. The second-order valence-electron chi connectivity index (χ2n) is 14.4. The summed E-state index contributed by atoms with van der Waals surface area (Å²) in [6.07, 6.45) is 0. The number of hydrogen-bond donors (Lipinski definition) is 0. The summed E-state index contributed by atoms with van der Waals surface area (Å²) in [6, 6.07) is 62.6. The van der Waals surface area contributed by atoms with Crippen LogP contribution >= 0.6 is 0 Å². The molecule has 6 nitrogen and oxygen atoms in total. The summed E-state index contributed by atoms with van der Waals surface area (Å²) in [5.41, 5.74) is 11.2. The van der Waals surface area contributed by atoms with Crippen LogP contribution in [0.15, 0.2) is 191 Å². The lowest BCUT2D eigenvalue weighted by molar-refractivity contribution is 0.666. The van der Waals surface area contributed by atoms with Gasteiger partial charge in [-0.3, -0.25) is 0 Å². The van der Waals surface area contributed by atoms with Gasteiger partial charge in [-0.05, 0) is 47.5 Å². The van der Waals surface area contributed by atoms with Crippen molar-refractivity contribution in [3.63, 3.8) is 0 Å². The summed E-state index contributed by atoms with van der Waals surface area (Å²) >= 11 is 0. The quantitative estimate of drug-likeness (QED) is 0.176. The Hall–Kier alpha value is -7.83. The molecular formula is C51H30N4O2. The number of fused-ring (bicyclic) bond motifs is 9. The average Bonchev–Trinajstić information content (AvgIpc) is 3.95. The lowest BCUT2D eigenvalue weighted by Gasteiger charge is -2.11. The Morgan fingerprint density at radius 2 is 0.947 bits per heavy atom. The first-order chi connectivity index (χ1) is 28.2. The molecule has 0 aliphatic rings. The zero-order valence-electron chi connectivity index (χ0n) is 30.4. The third-order valence-corrected chi connectivity index (χ3v) is 11.1. The highest BCUT2D eigenvalue weighted by molar-refractivity contribution is 6.20. The lowest BCUT2D eigenvalue weighted by atomic mass is 9.98. The summed E-state index contributed by atoms with van der Waals surface area (Å²) in [7, 11) is 0. The first-order valence-electron chi connectivity index (χ1n) is 19.0. The molecule has 0 amide bonds. The van der Waals surface area contributed by atoms with Gasteiger partial charge >= 0.3 is 0 Å². The maximum absolute atomic E-state index is 7.08. The predicted molar refractivity (Wildman–Crippen MR) is 230 cm³/mol. The fourth-order valence-corrected chi connectivity index (χ4v) is 8.42. The maximum atomic E-state index is 7.08. The van der Waals surface area contributed by atoms with Gasteiger partial charge in [0.25, 0.3) is 0 Å². The van der Waals surface area contributed by atoms with Crippen LogP contribution in [0.3, 0.4) is 0 Å². The van der Waals surface area contributed by atoms with Crippen LogP contribution in [0, 0.1) is 0 Å². The molecule has 6 heteroatoms. The van der Waals surface area contributed by atoms with Crippen molar-refractivity contribution in [2.45, 2.75) is 0 Å². The predicted octanol–water partition coefficient (Wildman–Crippen LogP) is 13.4. The number of aromatic nitrogens is 4. The second kappa shape index (κ2) is 12.3. The normalized spacial score (nSPS) is 11.9. The Bertz CT molecular complexity index is 3450. The van der Waals surface area contributed by atoms with Crippen LogP contribution in [0.25, 0.3) is 117 Å². The van der Waals surface area contributed by atoms with Crippen LogP contribution in [-0.4, -0.2) is 19.5 Å². The van der Waals surface area contributed by atoms with E-state index in [1.54, 1.807) is 0 Å². The molecule has 0 saturated heterocycles. The first kappa shape index (κ1) is 31.5. The van der Waals surface area contributed by atoms with Crippen LogP contribution < -0.4 is 0 Å². The molecule has 0 spiro atoms. The SMILES string of the molecule is c1ccc(-c2nc(-c3ccccc3)nc(-c3ccc4c(c3)oc3c(-n5c6ccccc6c6cc7c(cc65)oc5ccccc57)ccc(-c5ccccc5)c34)n2)cc1. The van der Waals surface area contributed by atoms with Gasteiger partial charge in [0, 0.05) is 55.1 Å². The number of furan rings is 2. The monoisotopic (exact) mass is 730 g/mol. The van der Waals surface area contributed by atoms with Crippen LogP contribution in [0.5, 0.6) is 0 Å². The van der Waals surface area contributed by atoms with Crippen molar-refractivity contribution in [2.24, 2.45) is 0 Å². The van der Waals surface area contributed by atoms with Gasteiger partial charge in [0.1, 0.15) is 16.7 Å². The third kappa shape index (κ3) is 4.94. The molecule has 0 aliphatic heterocycles. The topological polar surface area (TPSA) is 69.9 Å². The molecule has 0 aliphatic carbocycles. The van der Waals surface area contributed by atoms with Crippen LogP contribution in [-0.2, 0) is 0 Å². The largest absolute Gasteiger partial charge is 0.456 e. The average molecular weight is 731 g/mol. The van der Waals surface area contributed by atoms with Gasteiger partial charge in [-0.25, -0.2) is 15.0 Å². The first-order valence-corrected chi connectivity index (χ1v) is 19.0. The molecule has 0 saturated carbocycles. The number of para-hydroxylation sites is 2. The van der Waals surface area contributed by atoms with E-state index >= 15 is 0 Å². The zero-order valence-corrected chi connectivity index (χ0v) is 30.4. The molecule has 12 rings (SSSR count). The Morgan fingerprint density at radius 3 is 1.67 bits per heavy atom. The standard InChI is InChI=1S/C51H30N4O2/c1-4-14-31(15-5-1)35-26-27-42(55-41-22-12-10-20-36(41)39-29-40-37-21-11-13-23-44(37)56-46(40)30-43(39)55)48-47(35)38-25-24-34(28-45(38)57-48)51-53-49(32-16-6-2-7-17-32)52-50(54-51)33-18-8-3-9-19-33/h1-30H. The van der Waals surface area contributed by atoms with Crippen molar-refractivity contribution >= 4 is 65.7 Å². The smallest absolute Gasteiger partial charge is 0.164 e. The van der Waals surface area contributed by atoms with Crippen molar-refractivity contribution < 1.29 is 8.83 Å². The molecule has 266 valence electrons. The fourth-order valence-electron chi connectivity index (χ4n) is 8.42. The molecule has 0 radical (unpaired) electrons. The molecule has 4 heterocycles. The van der Waals surface area contributed by atoms with Gasteiger partial charge < -0.3 is 13.4 Å². The molecule has 0 N–H and O–H groups in total. The molecule has 0 unspecified atom stereocenters. The number of rotatable bonds is 5. The van der Waals surface area contributed by atoms with E-state index in [9.17, 15) is 0 Å². The molecule has 0 fully saturated rings. The van der Waals surface area contributed by atoms with E-state index in [2.05, 4.69) is 108 Å². The van der Waals surface area contributed by atoms with Gasteiger partial charge in [-0.15, -0.1) is 0 Å². The number of nitrogens with zero attached hydrogens (tertiary/aromatic N) is 4. The molecule has 0 atom stereocenters. The van der Waals surface area contributed by atoms with E-state index in [4.69, 9.17) is 23.8 Å². The third-order valence-electron chi connectivity index (χ3n) is 11.1. The fraction of sp³-hybridized carbons (Fsp3) is 0. The van der Waals surface area contributed by atoms with Crippen LogP contribution in [0.2, 0.25) is 0 Å². The molecule has 57 heavy (non-hydrogen) atoms. The molecule has 0 bridgehead atoms. The van der Waals surface area contributed by atoms with Crippen molar-refractivity contribution in [1.82, 2.24) is 19.5 Å². The minimum absolute atomic E-state index is 0.575. The lowest BCUT2D eigenvalue weighted by Crippen LogP contribution is -2.00. The Labute approximate surface area is 325 Å². The minimum Gasteiger partial charge on any atom is -0.456 e. The van der Waals surface area contributed by atoms with Crippen molar-refractivity contribution in [2.75, 3.05) is 0 Å². The van der Waals surface area contributed by atoms with E-state index in [0.29, 0.717) is 17.5 Å². The number of benzene rings is 8. The summed E-state index contributed by atoms with van der Waals surface area (Å²) in [5, 5.41) is 6.58.